The molecule has 0 heterocycles. The molecule has 0 saturated heterocycles. The lowest BCUT2D eigenvalue weighted by Crippen LogP contribution is -2.43. The molecule has 2 unspecified atom stereocenters. The molecule has 1 aromatic carbocycles. The number of benzene rings is 1. The minimum Gasteiger partial charge on any atom is -0.481 e. The monoisotopic (exact) mass is 395 g/mol. The zero-order valence-corrected chi connectivity index (χ0v) is 16.6. The first-order valence-electron chi connectivity index (χ1n) is 9.71. The van der Waals surface area contributed by atoms with Gasteiger partial charge in [0.2, 0.25) is 0 Å². The molecule has 2 atom stereocenters. The first-order valence-corrected chi connectivity index (χ1v) is 11.4. The number of sulfone groups is 1. The average Bonchev–Trinajstić information content (AvgIpc) is 2.62. The van der Waals surface area contributed by atoms with Gasteiger partial charge >= 0.3 is 5.97 Å². The molecule has 0 bridgehead atoms. The quantitative estimate of drug-likeness (QED) is 0.737. The van der Waals surface area contributed by atoms with Gasteiger partial charge in [-0.15, -0.1) is 0 Å². The summed E-state index contributed by atoms with van der Waals surface area (Å²) >= 11 is 0. The van der Waals surface area contributed by atoms with Gasteiger partial charge in [-0.1, -0.05) is 39.0 Å². The Labute approximate surface area is 161 Å². The standard InChI is InChI=1S/C20H29NO5S/c1-2-3-14-27(25,26)16-12-10-15(11-13-16)19(22)21-18-9-7-5-4-6-8-17(18)20(23)24/h10-13,17-18H,2-9,14H2,1H3,(H,21,22)(H,23,24). The minimum atomic E-state index is -3.33. The Morgan fingerprint density at radius 1 is 1.07 bits per heavy atom. The van der Waals surface area contributed by atoms with Crippen molar-refractivity contribution in [3.63, 3.8) is 0 Å². The molecule has 150 valence electrons. The van der Waals surface area contributed by atoms with E-state index in [0.29, 0.717) is 24.8 Å². The Bertz CT molecular complexity index is 742. The van der Waals surface area contributed by atoms with Crippen molar-refractivity contribution in [3.05, 3.63) is 29.8 Å². The van der Waals surface area contributed by atoms with E-state index in [4.69, 9.17) is 0 Å². The molecule has 6 nitrogen and oxygen atoms in total. The van der Waals surface area contributed by atoms with Gasteiger partial charge in [0.1, 0.15) is 0 Å². The summed E-state index contributed by atoms with van der Waals surface area (Å²) in [4.78, 5) is 24.3. The Hall–Kier alpha value is -1.89. The number of unbranched alkanes of at least 4 members (excludes halogenated alkanes) is 1. The first kappa shape index (κ1) is 21.4. The normalized spacial score (nSPS) is 21.1. The molecule has 7 heteroatoms. The number of carbonyl (C=O) groups excluding carboxylic acids is 1. The number of hydrogen-bond acceptors (Lipinski definition) is 4. The van der Waals surface area contributed by atoms with Gasteiger partial charge in [0.05, 0.1) is 16.6 Å². The summed E-state index contributed by atoms with van der Waals surface area (Å²) in [6.45, 7) is 1.93. The minimum absolute atomic E-state index is 0.0947. The summed E-state index contributed by atoms with van der Waals surface area (Å²) in [6.07, 6.45) is 6.42. The maximum atomic E-state index is 12.6. The van der Waals surface area contributed by atoms with E-state index in [9.17, 15) is 23.1 Å². The van der Waals surface area contributed by atoms with Crippen LogP contribution in [0.1, 0.15) is 68.6 Å². The smallest absolute Gasteiger partial charge is 0.308 e. The number of hydrogen-bond donors (Lipinski definition) is 2. The number of aliphatic carboxylic acids is 1. The molecule has 1 aromatic rings. The molecule has 2 rings (SSSR count). The predicted octanol–water partition coefficient (Wildman–Crippen LogP) is 3.41. The molecule has 1 fully saturated rings. The number of carboxylic acid groups (broad SMARTS) is 1. The molecule has 1 amide bonds. The highest BCUT2D eigenvalue weighted by Gasteiger charge is 2.30. The average molecular weight is 396 g/mol. The van der Waals surface area contributed by atoms with Crippen molar-refractivity contribution < 1.29 is 23.1 Å². The van der Waals surface area contributed by atoms with Gasteiger partial charge in [0.15, 0.2) is 9.84 Å². The molecule has 1 aliphatic rings. The van der Waals surface area contributed by atoms with E-state index in [1.165, 1.54) is 24.3 Å². The third-order valence-corrected chi connectivity index (χ3v) is 6.96. The van der Waals surface area contributed by atoms with Crippen molar-refractivity contribution in [2.45, 2.75) is 69.2 Å². The van der Waals surface area contributed by atoms with Crippen molar-refractivity contribution in [2.24, 2.45) is 5.92 Å². The van der Waals surface area contributed by atoms with Gasteiger partial charge < -0.3 is 10.4 Å². The Balaban J connectivity index is 2.09. The van der Waals surface area contributed by atoms with E-state index >= 15 is 0 Å². The SMILES string of the molecule is CCCCS(=O)(=O)c1ccc(C(=O)NC2CCCCCCC2C(=O)O)cc1. The van der Waals surface area contributed by atoms with Crippen molar-refractivity contribution in [1.29, 1.82) is 0 Å². The van der Waals surface area contributed by atoms with Crippen LogP contribution in [0.3, 0.4) is 0 Å². The topological polar surface area (TPSA) is 101 Å². The maximum Gasteiger partial charge on any atom is 0.308 e. The molecule has 27 heavy (non-hydrogen) atoms. The van der Waals surface area contributed by atoms with E-state index in [0.717, 1.165) is 32.1 Å². The second kappa shape index (κ2) is 9.88. The van der Waals surface area contributed by atoms with Crippen molar-refractivity contribution >= 4 is 21.7 Å². The lowest BCUT2D eigenvalue weighted by Gasteiger charge is -2.27. The third kappa shape index (κ3) is 6.06. The molecule has 1 saturated carbocycles. The number of nitrogens with one attached hydrogen (secondary N) is 1. The molecular formula is C20H29NO5S. The molecule has 0 aromatic heterocycles. The summed E-state index contributed by atoms with van der Waals surface area (Å²) < 4.78 is 24.4. The highest BCUT2D eigenvalue weighted by atomic mass is 32.2. The number of rotatable bonds is 7. The van der Waals surface area contributed by atoms with Crippen LogP contribution in [0.25, 0.3) is 0 Å². The second-order valence-corrected chi connectivity index (χ2v) is 9.32. The summed E-state index contributed by atoms with van der Waals surface area (Å²) in [5, 5.41) is 12.3. The molecule has 0 aliphatic heterocycles. The fourth-order valence-electron chi connectivity index (χ4n) is 3.47. The highest BCUT2D eigenvalue weighted by molar-refractivity contribution is 7.91. The highest BCUT2D eigenvalue weighted by Crippen LogP contribution is 2.24. The number of carboxylic acids is 1. The van der Waals surface area contributed by atoms with Crippen LogP contribution < -0.4 is 5.32 Å². The third-order valence-electron chi connectivity index (χ3n) is 5.14. The molecule has 0 radical (unpaired) electrons. The first-order chi connectivity index (χ1) is 12.8. The van der Waals surface area contributed by atoms with Crippen LogP contribution in [0.5, 0.6) is 0 Å². The zero-order chi connectivity index (χ0) is 19.9. The second-order valence-electron chi connectivity index (χ2n) is 7.21. The predicted molar refractivity (Wildman–Crippen MR) is 103 cm³/mol. The summed E-state index contributed by atoms with van der Waals surface area (Å²) in [5.74, 6) is -1.72. The summed E-state index contributed by atoms with van der Waals surface area (Å²) in [7, 11) is -3.33. The van der Waals surface area contributed by atoms with Gasteiger partial charge in [-0.3, -0.25) is 9.59 Å². The largest absolute Gasteiger partial charge is 0.481 e. The molecule has 2 N–H and O–H groups in total. The van der Waals surface area contributed by atoms with Gasteiger partial charge in [-0.25, -0.2) is 8.42 Å². The summed E-state index contributed by atoms with van der Waals surface area (Å²) in [5.41, 5.74) is 0.343. The number of carbonyl (C=O) groups is 2. The van der Waals surface area contributed by atoms with Crippen LogP contribution >= 0.6 is 0 Å². The van der Waals surface area contributed by atoms with Crippen LogP contribution in [0.2, 0.25) is 0 Å². The van der Waals surface area contributed by atoms with Crippen LogP contribution in [0, 0.1) is 5.92 Å². The fourth-order valence-corrected chi connectivity index (χ4v) is 4.93. The van der Waals surface area contributed by atoms with Crippen LogP contribution in [-0.4, -0.2) is 37.2 Å². The van der Waals surface area contributed by atoms with Crippen molar-refractivity contribution in [3.8, 4) is 0 Å². The molecule has 0 spiro atoms. The van der Waals surface area contributed by atoms with E-state index in [2.05, 4.69) is 5.32 Å². The lowest BCUT2D eigenvalue weighted by atomic mass is 9.86. The summed E-state index contributed by atoms with van der Waals surface area (Å²) in [6, 6.07) is 5.49. The van der Waals surface area contributed by atoms with Crippen LogP contribution in [0.4, 0.5) is 0 Å². The maximum absolute atomic E-state index is 12.6. The van der Waals surface area contributed by atoms with Gasteiger partial charge in [0, 0.05) is 11.6 Å². The lowest BCUT2D eigenvalue weighted by molar-refractivity contribution is -0.143. The zero-order valence-electron chi connectivity index (χ0n) is 15.8. The molecular weight excluding hydrogens is 366 g/mol. The van der Waals surface area contributed by atoms with Gasteiger partial charge in [0.25, 0.3) is 5.91 Å². The van der Waals surface area contributed by atoms with Gasteiger partial charge in [-0.05, 0) is 43.5 Å². The van der Waals surface area contributed by atoms with Crippen LogP contribution in [-0.2, 0) is 14.6 Å². The Kier molecular flexibility index (Phi) is 7.83. The van der Waals surface area contributed by atoms with E-state index in [-0.39, 0.29) is 16.6 Å². The van der Waals surface area contributed by atoms with E-state index < -0.39 is 27.8 Å². The Morgan fingerprint density at radius 3 is 2.30 bits per heavy atom. The van der Waals surface area contributed by atoms with Crippen molar-refractivity contribution in [1.82, 2.24) is 5.32 Å². The molecule has 1 aliphatic carbocycles. The Morgan fingerprint density at radius 2 is 1.70 bits per heavy atom. The van der Waals surface area contributed by atoms with Crippen LogP contribution in [0.15, 0.2) is 29.2 Å². The fraction of sp³-hybridized carbons (Fsp3) is 0.600. The number of amides is 1. The van der Waals surface area contributed by atoms with E-state index in [1.54, 1.807) is 0 Å². The van der Waals surface area contributed by atoms with E-state index in [1.807, 2.05) is 6.92 Å². The van der Waals surface area contributed by atoms with Gasteiger partial charge in [-0.2, -0.15) is 0 Å². The van der Waals surface area contributed by atoms with Crippen molar-refractivity contribution in [2.75, 3.05) is 5.75 Å².